The number of hydrogen-bond acceptors (Lipinski definition) is 4. The van der Waals surface area contributed by atoms with Crippen LogP contribution < -0.4 is 0 Å². The fraction of sp³-hybridized carbons (Fsp3) is 1.00. The highest BCUT2D eigenvalue weighted by molar-refractivity contribution is 9.10. The summed E-state index contributed by atoms with van der Waals surface area (Å²) in [6, 6.07) is 0.914. The first-order valence-corrected chi connectivity index (χ1v) is 11.3. The molecule has 0 N–H and O–H groups in total. The van der Waals surface area contributed by atoms with E-state index < -0.39 is 8.80 Å². The van der Waals surface area contributed by atoms with Crippen LogP contribution in [0.15, 0.2) is 0 Å². The van der Waals surface area contributed by atoms with Crippen LogP contribution in [-0.4, -0.2) is 46.2 Å². The van der Waals surface area contributed by atoms with Crippen molar-refractivity contribution in [2.45, 2.75) is 70.7 Å². The van der Waals surface area contributed by atoms with Crippen LogP contribution in [0, 0.1) is 0 Å². The normalized spacial score (nSPS) is 12.8. The first kappa shape index (κ1) is 22.5. The first-order valence-electron chi connectivity index (χ1n) is 8.57. The van der Waals surface area contributed by atoms with Crippen LogP contribution in [0.2, 0.25) is 6.04 Å². The van der Waals surface area contributed by atoms with E-state index in [1.165, 1.54) is 12.8 Å². The van der Waals surface area contributed by atoms with Crippen molar-refractivity contribution in [3.05, 3.63) is 0 Å². The lowest BCUT2D eigenvalue weighted by molar-refractivity contribution is 0.0705. The zero-order valence-electron chi connectivity index (χ0n) is 15.1. The fourth-order valence-electron chi connectivity index (χ4n) is 2.22. The van der Waals surface area contributed by atoms with Gasteiger partial charge in [0.15, 0.2) is 0 Å². The lowest BCUT2D eigenvalue weighted by Crippen LogP contribution is -2.45. The van der Waals surface area contributed by atoms with Gasteiger partial charge in [0.25, 0.3) is 0 Å². The van der Waals surface area contributed by atoms with Gasteiger partial charge in [0.1, 0.15) is 0 Å². The van der Waals surface area contributed by atoms with Gasteiger partial charge in [0.2, 0.25) is 0 Å². The molecule has 0 amide bonds. The number of halogens is 1. The summed E-state index contributed by atoms with van der Waals surface area (Å²) >= 11 is 3.58. The highest BCUT2D eigenvalue weighted by Gasteiger charge is 2.39. The minimum atomic E-state index is -2.43. The fourth-order valence-corrected chi connectivity index (χ4v) is 5.06. The maximum absolute atomic E-state index is 5.86. The van der Waals surface area contributed by atoms with Crippen LogP contribution in [-0.2, 0) is 18.0 Å². The van der Waals surface area contributed by atoms with Gasteiger partial charge >= 0.3 is 8.80 Å². The lowest BCUT2D eigenvalue weighted by atomic mass is 10.2. The van der Waals surface area contributed by atoms with Gasteiger partial charge in [-0.1, -0.05) is 28.8 Å². The molecule has 0 aromatic heterocycles. The molecule has 0 unspecified atom stereocenters. The topological polar surface area (TPSA) is 36.9 Å². The quantitative estimate of drug-likeness (QED) is 0.226. The predicted octanol–water partition coefficient (Wildman–Crippen LogP) is 4.79. The van der Waals surface area contributed by atoms with Gasteiger partial charge in [-0.2, -0.15) is 0 Å². The Bertz CT molecular complexity index is 242. The highest BCUT2D eigenvalue weighted by atomic mass is 79.9. The zero-order chi connectivity index (χ0) is 16.9. The zero-order valence-corrected chi connectivity index (χ0v) is 17.7. The van der Waals surface area contributed by atoms with Gasteiger partial charge in [-0.05, 0) is 47.5 Å². The van der Waals surface area contributed by atoms with E-state index in [-0.39, 0.29) is 4.32 Å². The van der Waals surface area contributed by atoms with Crippen LogP contribution in [0.4, 0.5) is 0 Å². The molecule has 0 aliphatic carbocycles. The van der Waals surface area contributed by atoms with Crippen molar-refractivity contribution in [1.29, 1.82) is 0 Å². The summed E-state index contributed by atoms with van der Waals surface area (Å²) < 4.78 is 23.3. The van der Waals surface area contributed by atoms with Gasteiger partial charge in [0, 0.05) is 36.8 Å². The number of ether oxygens (including phenoxy) is 1. The van der Waals surface area contributed by atoms with E-state index in [0.29, 0.717) is 19.8 Å². The summed E-state index contributed by atoms with van der Waals surface area (Å²) in [5.41, 5.74) is 0. The van der Waals surface area contributed by atoms with Gasteiger partial charge in [0.05, 0.1) is 6.61 Å². The molecule has 0 aromatic carbocycles. The molecule has 22 heavy (non-hydrogen) atoms. The first-order chi connectivity index (χ1) is 10.4. The van der Waals surface area contributed by atoms with Crippen LogP contribution >= 0.6 is 15.9 Å². The molecule has 0 atom stereocenters. The third-order valence-corrected chi connectivity index (χ3v) is 6.44. The van der Waals surface area contributed by atoms with E-state index in [0.717, 1.165) is 32.1 Å². The molecule has 0 fully saturated rings. The molecule has 0 bridgehead atoms. The summed E-state index contributed by atoms with van der Waals surface area (Å²) in [5, 5.41) is 0. The maximum Gasteiger partial charge on any atom is 0.500 e. The second-order valence-corrected chi connectivity index (χ2v) is 10.8. The minimum Gasteiger partial charge on any atom is -0.380 e. The Hall–Kier alpha value is 0.537. The molecule has 0 aliphatic rings. The maximum atomic E-state index is 5.86. The molecule has 0 saturated carbocycles. The second kappa shape index (κ2) is 12.9. The third kappa shape index (κ3) is 12.0. The molecule has 0 rings (SSSR count). The Morgan fingerprint density at radius 2 is 1.32 bits per heavy atom. The van der Waals surface area contributed by atoms with Crippen molar-refractivity contribution < 1.29 is 18.0 Å². The van der Waals surface area contributed by atoms with Crippen molar-refractivity contribution >= 4 is 24.7 Å². The van der Waals surface area contributed by atoms with Crippen LogP contribution in [0.1, 0.15) is 60.3 Å². The standard InChI is InChI=1S/C16H35BrO4Si/c1-6-19-22(20-7-2,21-8-3)14-12-10-9-11-13-18-15-16(4,5)17/h6-15H2,1-5H3. The van der Waals surface area contributed by atoms with Crippen molar-refractivity contribution in [2.24, 2.45) is 0 Å². The lowest BCUT2D eigenvalue weighted by Gasteiger charge is -2.28. The monoisotopic (exact) mass is 398 g/mol. The molecular weight excluding hydrogens is 364 g/mol. The molecule has 0 saturated heterocycles. The largest absolute Gasteiger partial charge is 0.500 e. The van der Waals surface area contributed by atoms with E-state index in [4.69, 9.17) is 18.0 Å². The highest BCUT2D eigenvalue weighted by Crippen LogP contribution is 2.20. The molecular formula is C16H35BrO4Si. The molecule has 0 spiro atoms. The van der Waals surface area contributed by atoms with E-state index in [1.54, 1.807) is 0 Å². The smallest absolute Gasteiger partial charge is 0.380 e. The summed E-state index contributed by atoms with van der Waals surface area (Å²) in [6.07, 6.45) is 4.55. The average Bonchev–Trinajstić information content (AvgIpc) is 2.41. The summed E-state index contributed by atoms with van der Waals surface area (Å²) in [6.45, 7) is 13.8. The van der Waals surface area contributed by atoms with Gasteiger partial charge in [-0.15, -0.1) is 0 Å². The summed E-state index contributed by atoms with van der Waals surface area (Å²) in [4.78, 5) is 0. The van der Waals surface area contributed by atoms with Crippen LogP contribution in [0.5, 0.6) is 0 Å². The van der Waals surface area contributed by atoms with Gasteiger partial charge in [-0.3, -0.25) is 0 Å². The Kier molecular flexibility index (Phi) is 13.2. The number of unbranched alkanes of at least 4 members (excludes halogenated alkanes) is 3. The SMILES string of the molecule is CCO[Si](CCCCCCOCC(C)(C)Br)(OCC)OCC. The summed E-state index contributed by atoms with van der Waals surface area (Å²) in [5.74, 6) is 0. The van der Waals surface area contributed by atoms with Crippen LogP contribution in [0.25, 0.3) is 0 Å². The van der Waals surface area contributed by atoms with E-state index in [9.17, 15) is 0 Å². The number of rotatable bonds is 15. The van der Waals surface area contributed by atoms with E-state index in [1.807, 2.05) is 20.8 Å². The van der Waals surface area contributed by atoms with Gasteiger partial charge in [-0.25, -0.2) is 0 Å². The third-order valence-electron chi connectivity index (χ3n) is 3.06. The van der Waals surface area contributed by atoms with Crippen molar-refractivity contribution in [3.63, 3.8) is 0 Å². The van der Waals surface area contributed by atoms with Gasteiger partial charge < -0.3 is 18.0 Å². The Morgan fingerprint density at radius 3 is 1.77 bits per heavy atom. The molecule has 6 heteroatoms. The molecule has 134 valence electrons. The van der Waals surface area contributed by atoms with Crippen molar-refractivity contribution in [3.8, 4) is 0 Å². The number of hydrogen-bond donors (Lipinski definition) is 0. The van der Waals surface area contributed by atoms with Crippen molar-refractivity contribution in [2.75, 3.05) is 33.0 Å². The van der Waals surface area contributed by atoms with E-state index in [2.05, 4.69) is 29.8 Å². The molecule has 0 aliphatic heterocycles. The molecule has 0 heterocycles. The Labute approximate surface area is 146 Å². The number of alkyl halides is 1. The molecule has 4 nitrogen and oxygen atoms in total. The van der Waals surface area contributed by atoms with E-state index >= 15 is 0 Å². The molecule has 0 radical (unpaired) electrons. The predicted molar refractivity (Wildman–Crippen MR) is 97.7 cm³/mol. The average molecular weight is 399 g/mol. The minimum absolute atomic E-state index is 0.0741. The van der Waals surface area contributed by atoms with Crippen molar-refractivity contribution in [1.82, 2.24) is 0 Å². The summed E-state index contributed by atoms with van der Waals surface area (Å²) in [7, 11) is -2.43. The van der Waals surface area contributed by atoms with Crippen LogP contribution in [0.3, 0.4) is 0 Å². The Morgan fingerprint density at radius 1 is 0.818 bits per heavy atom. The Balaban J connectivity index is 3.84. The molecule has 0 aromatic rings. The second-order valence-electron chi connectivity index (χ2n) is 5.92.